The second-order valence-corrected chi connectivity index (χ2v) is 11.3. The molecule has 0 bridgehead atoms. The number of imidazole rings is 1. The van der Waals surface area contributed by atoms with Crippen LogP contribution in [0.5, 0.6) is 0 Å². The van der Waals surface area contributed by atoms with E-state index in [4.69, 9.17) is 9.72 Å². The number of aromatic nitrogens is 2. The minimum Gasteiger partial charge on any atom is -0.444 e. The van der Waals surface area contributed by atoms with Crippen molar-refractivity contribution in [3.8, 4) is 0 Å². The van der Waals surface area contributed by atoms with Crippen LogP contribution in [0.3, 0.4) is 0 Å². The highest BCUT2D eigenvalue weighted by Gasteiger charge is 2.60. The quantitative estimate of drug-likeness (QED) is 0.707. The van der Waals surface area contributed by atoms with Crippen molar-refractivity contribution in [3.63, 3.8) is 0 Å². The van der Waals surface area contributed by atoms with E-state index in [1.54, 1.807) is 4.90 Å². The fourth-order valence-electron chi connectivity index (χ4n) is 5.40. The van der Waals surface area contributed by atoms with Gasteiger partial charge >= 0.3 is 6.09 Å². The molecule has 5 rings (SSSR count). The van der Waals surface area contributed by atoms with E-state index >= 15 is 0 Å². The number of Topliss-reactive ketones (excluding diaryl/α,β-unsaturated/α-hetero) is 1. The first-order valence-electron chi connectivity index (χ1n) is 11.5. The maximum absolute atomic E-state index is 13.2. The van der Waals surface area contributed by atoms with Crippen LogP contribution in [-0.4, -0.2) is 44.9 Å². The van der Waals surface area contributed by atoms with E-state index in [-0.39, 0.29) is 29.3 Å². The Morgan fingerprint density at radius 2 is 1.81 bits per heavy atom. The van der Waals surface area contributed by atoms with Crippen molar-refractivity contribution < 1.29 is 14.3 Å². The van der Waals surface area contributed by atoms with E-state index in [1.807, 2.05) is 27.0 Å². The molecule has 0 radical (unpaired) electrons. The van der Waals surface area contributed by atoms with E-state index in [0.29, 0.717) is 31.2 Å². The summed E-state index contributed by atoms with van der Waals surface area (Å²) in [5.41, 5.74) is 1.72. The number of carbonyl (C=O) groups is 2. The van der Waals surface area contributed by atoms with E-state index < -0.39 is 5.60 Å². The topological polar surface area (TPSA) is 63.9 Å². The van der Waals surface area contributed by atoms with Crippen LogP contribution in [0.1, 0.15) is 71.2 Å². The van der Waals surface area contributed by atoms with Gasteiger partial charge in [-0.3, -0.25) is 4.79 Å². The molecule has 2 aliphatic carbocycles. The van der Waals surface area contributed by atoms with Crippen molar-refractivity contribution in [2.45, 2.75) is 70.8 Å². The summed E-state index contributed by atoms with van der Waals surface area (Å²) < 4.78 is 7.66. The fourth-order valence-corrected chi connectivity index (χ4v) is 5.40. The fraction of sp³-hybridized carbons (Fsp3) is 0.640. The first-order chi connectivity index (χ1) is 14.5. The maximum atomic E-state index is 13.2. The number of hydrogen-bond acceptors (Lipinski definition) is 4. The third kappa shape index (κ3) is 3.74. The Morgan fingerprint density at radius 3 is 2.42 bits per heavy atom. The van der Waals surface area contributed by atoms with E-state index in [1.165, 1.54) is 23.9 Å². The minimum absolute atomic E-state index is 0.0752. The summed E-state index contributed by atoms with van der Waals surface area (Å²) in [7, 11) is 0. The standard InChI is InChI=1S/C25H33N3O3/c1-24(2,3)31-23(30)27-13-17-18(14-27)21(17)20(29)11-25(4,5)22-26-12-19-16(15-8-9-15)7-6-10-28(19)22/h6-7,10,12,15,17-18,21H,8-9,11,13-14H2,1-5H3/t17-,18+,21?. The van der Waals surface area contributed by atoms with Gasteiger partial charge in [-0.1, -0.05) is 19.9 Å². The lowest BCUT2D eigenvalue weighted by molar-refractivity contribution is -0.122. The van der Waals surface area contributed by atoms with Crippen molar-refractivity contribution in [2.24, 2.45) is 17.8 Å². The summed E-state index contributed by atoms with van der Waals surface area (Å²) in [6.07, 6.45) is 6.77. The number of rotatable bonds is 5. The lowest BCUT2D eigenvalue weighted by Crippen LogP contribution is -2.37. The lowest BCUT2D eigenvalue weighted by atomic mass is 9.84. The first-order valence-corrected chi connectivity index (χ1v) is 11.5. The SMILES string of the molecule is CC(C)(C)OC(=O)N1C[C@@H]2C(C(=O)CC(C)(C)c3ncc4c(C5CC5)cccn34)[C@@H]2C1. The van der Waals surface area contributed by atoms with Crippen LogP contribution in [0, 0.1) is 17.8 Å². The third-order valence-corrected chi connectivity index (χ3v) is 7.06. The van der Waals surface area contributed by atoms with Crippen LogP contribution in [0.15, 0.2) is 24.5 Å². The van der Waals surface area contributed by atoms with Crippen LogP contribution in [0.25, 0.3) is 5.52 Å². The molecular formula is C25H33N3O3. The molecule has 2 aromatic heterocycles. The van der Waals surface area contributed by atoms with Crippen LogP contribution in [0.4, 0.5) is 4.79 Å². The number of ketones is 1. The summed E-state index contributed by atoms with van der Waals surface area (Å²) in [4.78, 5) is 32.0. The average Bonchev–Trinajstić information content (AvgIpc) is 3.53. The molecule has 3 heterocycles. The zero-order chi connectivity index (χ0) is 22.1. The Bertz CT molecular complexity index is 1030. The number of hydrogen-bond donors (Lipinski definition) is 0. The molecule has 6 nitrogen and oxygen atoms in total. The van der Waals surface area contributed by atoms with Crippen molar-refractivity contribution in [3.05, 3.63) is 35.9 Å². The van der Waals surface area contributed by atoms with E-state index in [2.05, 4.69) is 36.6 Å². The number of piperidine rings is 1. The highest BCUT2D eigenvalue weighted by atomic mass is 16.6. The monoisotopic (exact) mass is 423 g/mol. The summed E-state index contributed by atoms with van der Waals surface area (Å²) >= 11 is 0. The Morgan fingerprint density at radius 1 is 1.13 bits per heavy atom. The molecule has 3 fully saturated rings. The Hall–Kier alpha value is -2.37. The number of amides is 1. The zero-order valence-electron chi connectivity index (χ0n) is 19.2. The van der Waals surface area contributed by atoms with Gasteiger partial charge in [0, 0.05) is 37.0 Å². The normalized spacial score (nSPS) is 25.6. The second-order valence-electron chi connectivity index (χ2n) is 11.3. The van der Waals surface area contributed by atoms with Gasteiger partial charge in [0.1, 0.15) is 17.2 Å². The minimum atomic E-state index is -0.491. The van der Waals surface area contributed by atoms with Gasteiger partial charge in [-0.25, -0.2) is 9.78 Å². The predicted octanol–water partition coefficient (Wildman–Crippen LogP) is 4.56. The molecule has 2 aromatic rings. The van der Waals surface area contributed by atoms with Gasteiger partial charge in [0.25, 0.3) is 0 Å². The molecule has 3 atom stereocenters. The van der Waals surface area contributed by atoms with E-state index in [0.717, 1.165) is 5.82 Å². The summed E-state index contributed by atoms with van der Waals surface area (Å²) in [5.74, 6) is 2.57. The largest absolute Gasteiger partial charge is 0.444 e. The molecule has 31 heavy (non-hydrogen) atoms. The third-order valence-electron chi connectivity index (χ3n) is 7.06. The van der Waals surface area contributed by atoms with Gasteiger partial charge in [0.15, 0.2) is 0 Å². The van der Waals surface area contributed by atoms with Gasteiger partial charge in [0.05, 0.1) is 11.7 Å². The number of fused-ring (bicyclic) bond motifs is 2. The summed E-state index contributed by atoms with van der Waals surface area (Å²) in [6, 6.07) is 4.30. The van der Waals surface area contributed by atoms with Crippen LogP contribution < -0.4 is 0 Å². The van der Waals surface area contributed by atoms with Gasteiger partial charge < -0.3 is 14.0 Å². The maximum Gasteiger partial charge on any atom is 0.410 e. The van der Waals surface area contributed by atoms with Crippen molar-refractivity contribution in [1.82, 2.24) is 14.3 Å². The van der Waals surface area contributed by atoms with Crippen molar-refractivity contribution >= 4 is 17.4 Å². The lowest BCUT2D eigenvalue weighted by Gasteiger charge is -2.26. The number of likely N-dealkylation sites (tertiary alicyclic amines) is 1. The van der Waals surface area contributed by atoms with Crippen LogP contribution in [-0.2, 0) is 14.9 Å². The highest BCUT2D eigenvalue weighted by molar-refractivity contribution is 5.86. The van der Waals surface area contributed by atoms with E-state index in [9.17, 15) is 9.59 Å². The first kappa shape index (κ1) is 20.5. The van der Waals surface area contributed by atoms with Crippen molar-refractivity contribution in [1.29, 1.82) is 0 Å². The van der Waals surface area contributed by atoms with Crippen LogP contribution in [0.2, 0.25) is 0 Å². The Balaban J connectivity index is 1.24. The zero-order valence-corrected chi connectivity index (χ0v) is 19.2. The van der Waals surface area contributed by atoms with Gasteiger partial charge in [-0.05, 0) is 63.0 Å². The van der Waals surface area contributed by atoms with Gasteiger partial charge in [-0.2, -0.15) is 0 Å². The molecule has 3 aliphatic rings. The number of pyridine rings is 1. The molecular weight excluding hydrogens is 390 g/mol. The van der Waals surface area contributed by atoms with Gasteiger partial charge in [-0.15, -0.1) is 0 Å². The smallest absolute Gasteiger partial charge is 0.410 e. The molecule has 2 saturated carbocycles. The molecule has 166 valence electrons. The highest BCUT2D eigenvalue weighted by Crippen LogP contribution is 2.53. The Labute approximate surface area is 184 Å². The molecule has 1 saturated heterocycles. The Kier molecular flexibility index (Phi) is 4.51. The molecule has 0 spiro atoms. The van der Waals surface area contributed by atoms with Crippen molar-refractivity contribution in [2.75, 3.05) is 13.1 Å². The second kappa shape index (κ2) is 6.81. The number of nitrogens with zero attached hydrogens (tertiary/aromatic N) is 3. The number of ether oxygens (including phenoxy) is 1. The molecule has 1 aliphatic heterocycles. The average molecular weight is 424 g/mol. The summed E-state index contributed by atoms with van der Waals surface area (Å²) in [5, 5.41) is 0. The molecule has 1 unspecified atom stereocenters. The number of carbonyl (C=O) groups excluding carboxylic acids is 2. The molecule has 0 N–H and O–H groups in total. The van der Waals surface area contributed by atoms with Gasteiger partial charge in [0.2, 0.25) is 0 Å². The van der Waals surface area contributed by atoms with Crippen LogP contribution >= 0.6 is 0 Å². The molecule has 6 heteroatoms. The summed E-state index contributed by atoms with van der Waals surface area (Å²) in [6.45, 7) is 11.1. The predicted molar refractivity (Wildman–Crippen MR) is 118 cm³/mol. The molecule has 1 amide bonds. The molecule has 0 aromatic carbocycles.